The first kappa shape index (κ1) is 15.6. The summed E-state index contributed by atoms with van der Waals surface area (Å²) in [7, 11) is 0. The maximum absolute atomic E-state index is 11.8. The van der Waals surface area contributed by atoms with Crippen molar-refractivity contribution in [1.29, 1.82) is 0 Å². The van der Waals surface area contributed by atoms with Gasteiger partial charge in [0.15, 0.2) is 5.69 Å². The zero-order valence-electron chi connectivity index (χ0n) is 11.8. The molecule has 0 aromatic carbocycles. The SMILES string of the molecule is CCCCC(CC)COC(=O)c1cn(CCN)nn1. The lowest BCUT2D eigenvalue weighted by molar-refractivity contribution is 0.0421. The molecule has 1 atom stereocenters. The summed E-state index contributed by atoms with van der Waals surface area (Å²) in [6.45, 7) is 5.75. The molecule has 0 saturated carbocycles. The van der Waals surface area contributed by atoms with Gasteiger partial charge in [-0.05, 0) is 12.3 Å². The van der Waals surface area contributed by atoms with E-state index in [1.165, 1.54) is 6.42 Å². The lowest BCUT2D eigenvalue weighted by Crippen LogP contribution is -2.14. The molecule has 6 nitrogen and oxygen atoms in total. The van der Waals surface area contributed by atoms with Crippen molar-refractivity contribution in [3.8, 4) is 0 Å². The fourth-order valence-corrected chi connectivity index (χ4v) is 1.80. The molecule has 0 amide bonds. The van der Waals surface area contributed by atoms with Crippen molar-refractivity contribution in [2.75, 3.05) is 13.2 Å². The number of unbranched alkanes of at least 4 members (excludes halogenated alkanes) is 1. The van der Waals surface area contributed by atoms with Gasteiger partial charge in [0.2, 0.25) is 0 Å². The number of esters is 1. The summed E-state index contributed by atoms with van der Waals surface area (Å²) in [5, 5.41) is 7.59. The summed E-state index contributed by atoms with van der Waals surface area (Å²) in [5.41, 5.74) is 5.65. The number of nitrogens with two attached hydrogens (primary N) is 1. The Bertz CT molecular complexity index is 378. The first-order chi connectivity index (χ1) is 9.21. The van der Waals surface area contributed by atoms with E-state index in [2.05, 4.69) is 24.2 Å². The van der Waals surface area contributed by atoms with Gasteiger partial charge in [-0.1, -0.05) is 38.3 Å². The number of ether oxygens (including phenoxy) is 1. The second-order valence-corrected chi connectivity index (χ2v) is 4.67. The molecule has 0 aliphatic rings. The van der Waals surface area contributed by atoms with Crippen LogP contribution in [0.5, 0.6) is 0 Å². The van der Waals surface area contributed by atoms with Crippen molar-refractivity contribution in [1.82, 2.24) is 15.0 Å². The highest BCUT2D eigenvalue weighted by molar-refractivity contribution is 5.86. The van der Waals surface area contributed by atoms with Crippen LogP contribution in [0.4, 0.5) is 0 Å². The molecule has 1 aromatic rings. The molecule has 19 heavy (non-hydrogen) atoms. The van der Waals surface area contributed by atoms with E-state index >= 15 is 0 Å². The summed E-state index contributed by atoms with van der Waals surface area (Å²) in [4.78, 5) is 11.8. The van der Waals surface area contributed by atoms with Gasteiger partial charge in [0.1, 0.15) is 0 Å². The Morgan fingerprint density at radius 1 is 1.53 bits per heavy atom. The van der Waals surface area contributed by atoms with Crippen LogP contribution < -0.4 is 5.73 Å². The molecule has 0 aliphatic heterocycles. The van der Waals surface area contributed by atoms with Gasteiger partial charge in [0, 0.05) is 6.54 Å². The van der Waals surface area contributed by atoms with Gasteiger partial charge in [-0.25, -0.2) is 4.79 Å². The molecular weight excluding hydrogens is 244 g/mol. The van der Waals surface area contributed by atoms with Crippen molar-refractivity contribution in [3.05, 3.63) is 11.9 Å². The number of nitrogens with zero attached hydrogens (tertiary/aromatic N) is 3. The Labute approximate surface area is 114 Å². The minimum absolute atomic E-state index is 0.249. The van der Waals surface area contributed by atoms with Crippen molar-refractivity contribution in [2.45, 2.75) is 46.1 Å². The highest BCUT2D eigenvalue weighted by Gasteiger charge is 2.14. The zero-order valence-corrected chi connectivity index (χ0v) is 11.8. The Kier molecular flexibility index (Phi) is 7.10. The van der Waals surface area contributed by atoms with Crippen LogP contribution in [0.15, 0.2) is 6.20 Å². The number of hydrogen-bond acceptors (Lipinski definition) is 5. The van der Waals surface area contributed by atoms with E-state index in [4.69, 9.17) is 10.5 Å². The number of aromatic nitrogens is 3. The molecule has 1 unspecified atom stereocenters. The second-order valence-electron chi connectivity index (χ2n) is 4.67. The van der Waals surface area contributed by atoms with Gasteiger partial charge in [0.25, 0.3) is 0 Å². The van der Waals surface area contributed by atoms with Gasteiger partial charge < -0.3 is 10.5 Å². The summed E-state index contributed by atoms with van der Waals surface area (Å²) < 4.78 is 6.83. The molecule has 2 N–H and O–H groups in total. The fraction of sp³-hybridized carbons (Fsp3) is 0.769. The van der Waals surface area contributed by atoms with E-state index in [-0.39, 0.29) is 5.69 Å². The van der Waals surface area contributed by atoms with Crippen molar-refractivity contribution in [3.63, 3.8) is 0 Å². The molecule has 0 saturated heterocycles. The highest BCUT2D eigenvalue weighted by Crippen LogP contribution is 2.13. The van der Waals surface area contributed by atoms with Crippen LogP contribution in [-0.4, -0.2) is 34.1 Å². The third-order valence-electron chi connectivity index (χ3n) is 3.10. The molecule has 6 heteroatoms. The van der Waals surface area contributed by atoms with Crippen LogP contribution >= 0.6 is 0 Å². The Balaban J connectivity index is 2.40. The van der Waals surface area contributed by atoms with E-state index < -0.39 is 5.97 Å². The average Bonchev–Trinajstić information content (AvgIpc) is 2.88. The second kappa shape index (κ2) is 8.63. The molecule has 0 radical (unpaired) electrons. The molecule has 1 rings (SSSR count). The summed E-state index contributed by atoms with van der Waals surface area (Å²) in [6, 6.07) is 0. The van der Waals surface area contributed by atoms with Crippen LogP contribution in [0.1, 0.15) is 50.0 Å². The number of carbonyl (C=O) groups excluding carboxylic acids is 1. The molecule has 0 bridgehead atoms. The van der Waals surface area contributed by atoms with Gasteiger partial charge >= 0.3 is 5.97 Å². The van der Waals surface area contributed by atoms with E-state index in [1.54, 1.807) is 10.9 Å². The van der Waals surface area contributed by atoms with E-state index in [0.717, 1.165) is 19.3 Å². The Hall–Kier alpha value is -1.43. The summed E-state index contributed by atoms with van der Waals surface area (Å²) >= 11 is 0. The monoisotopic (exact) mass is 268 g/mol. The highest BCUT2D eigenvalue weighted by atomic mass is 16.5. The van der Waals surface area contributed by atoms with Gasteiger partial charge in [-0.3, -0.25) is 4.68 Å². The smallest absolute Gasteiger partial charge is 0.360 e. The maximum Gasteiger partial charge on any atom is 0.360 e. The summed E-state index contributed by atoms with van der Waals surface area (Å²) in [6.07, 6.45) is 6.02. The van der Waals surface area contributed by atoms with E-state index in [1.807, 2.05) is 0 Å². The molecule has 0 fully saturated rings. The largest absolute Gasteiger partial charge is 0.461 e. The maximum atomic E-state index is 11.8. The van der Waals surface area contributed by atoms with Crippen molar-refractivity contribution in [2.24, 2.45) is 11.7 Å². The Morgan fingerprint density at radius 2 is 2.32 bits per heavy atom. The first-order valence-electron chi connectivity index (χ1n) is 6.98. The quantitative estimate of drug-likeness (QED) is 0.688. The molecule has 0 spiro atoms. The van der Waals surface area contributed by atoms with E-state index in [0.29, 0.717) is 25.6 Å². The number of carbonyl (C=O) groups is 1. The standard InChI is InChI=1S/C13H24N4O2/c1-3-5-6-11(4-2)10-19-13(18)12-9-17(8-7-14)16-15-12/h9,11H,3-8,10,14H2,1-2H3. The van der Waals surface area contributed by atoms with Gasteiger partial charge in [-0.15, -0.1) is 5.10 Å². The molecule has 1 heterocycles. The third kappa shape index (κ3) is 5.38. The van der Waals surface area contributed by atoms with Crippen LogP contribution in [-0.2, 0) is 11.3 Å². The number of rotatable bonds is 9. The third-order valence-corrected chi connectivity index (χ3v) is 3.10. The first-order valence-corrected chi connectivity index (χ1v) is 6.98. The lowest BCUT2D eigenvalue weighted by Gasteiger charge is -2.13. The predicted octanol–water partition coefficient (Wildman–Crippen LogP) is 1.61. The predicted molar refractivity (Wildman–Crippen MR) is 72.7 cm³/mol. The molecule has 0 aliphatic carbocycles. The fourth-order valence-electron chi connectivity index (χ4n) is 1.80. The van der Waals surface area contributed by atoms with Gasteiger partial charge in [-0.2, -0.15) is 0 Å². The number of hydrogen-bond donors (Lipinski definition) is 1. The summed E-state index contributed by atoms with van der Waals surface area (Å²) in [5.74, 6) is 0.0289. The zero-order chi connectivity index (χ0) is 14.1. The average molecular weight is 268 g/mol. The Morgan fingerprint density at radius 3 is 2.95 bits per heavy atom. The van der Waals surface area contributed by atoms with Gasteiger partial charge in [0.05, 0.1) is 19.3 Å². The van der Waals surface area contributed by atoms with Crippen LogP contribution in [0.25, 0.3) is 0 Å². The minimum atomic E-state index is -0.404. The molecule has 108 valence electrons. The van der Waals surface area contributed by atoms with Crippen LogP contribution in [0.3, 0.4) is 0 Å². The van der Waals surface area contributed by atoms with Crippen molar-refractivity contribution >= 4 is 5.97 Å². The van der Waals surface area contributed by atoms with Crippen LogP contribution in [0, 0.1) is 5.92 Å². The van der Waals surface area contributed by atoms with E-state index in [9.17, 15) is 4.79 Å². The normalized spacial score (nSPS) is 12.4. The minimum Gasteiger partial charge on any atom is -0.461 e. The topological polar surface area (TPSA) is 83.0 Å². The van der Waals surface area contributed by atoms with Crippen LogP contribution in [0.2, 0.25) is 0 Å². The lowest BCUT2D eigenvalue weighted by atomic mass is 10.0. The van der Waals surface area contributed by atoms with Crippen molar-refractivity contribution < 1.29 is 9.53 Å². The molecule has 1 aromatic heterocycles. The molecular formula is C13H24N4O2.